The fourth-order valence-electron chi connectivity index (χ4n) is 3.07. The van der Waals surface area contributed by atoms with E-state index in [4.69, 9.17) is 18.9 Å². The van der Waals surface area contributed by atoms with Gasteiger partial charge in [0.25, 0.3) is 0 Å². The Labute approximate surface area is 169 Å². The van der Waals surface area contributed by atoms with E-state index in [1.807, 2.05) is 48.5 Å². The molecule has 0 fully saturated rings. The molecule has 0 N–H and O–H groups in total. The number of ether oxygens (including phenoxy) is 4. The van der Waals surface area contributed by atoms with Gasteiger partial charge in [0, 0.05) is 11.6 Å². The first-order valence-electron chi connectivity index (χ1n) is 9.15. The van der Waals surface area contributed by atoms with Gasteiger partial charge in [0.2, 0.25) is 5.78 Å². The Bertz CT molecular complexity index is 1070. The maximum atomic E-state index is 12.7. The van der Waals surface area contributed by atoms with E-state index < -0.39 is 0 Å². The van der Waals surface area contributed by atoms with Crippen LogP contribution >= 0.6 is 0 Å². The van der Waals surface area contributed by atoms with Crippen molar-refractivity contribution in [3.63, 3.8) is 0 Å². The molecule has 0 unspecified atom stereocenters. The van der Waals surface area contributed by atoms with E-state index in [0.717, 1.165) is 16.9 Å². The molecule has 3 aromatic carbocycles. The van der Waals surface area contributed by atoms with Crippen molar-refractivity contribution in [1.29, 1.82) is 0 Å². The van der Waals surface area contributed by atoms with Crippen LogP contribution in [0.1, 0.15) is 21.5 Å². The standard InChI is InChI=1S/C24H20O5/c1-26-18-9-7-16(8-10-18)15-28-19-11-12-20-22(14-19)29-23(24(20)25)13-17-5-3-4-6-21(17)27-2/h3-14H,15H2,1-2H3. The van der Waals surface area contributed by atoms with Gasteiger partial charge in [0.15, 0.2) is 5.76 Å². The molecule has 0 radical (unpaired) electrons. The number of allylic oxidation sites excluding steroid dienone is 1. The molecule has 0 aromatic heterocycles. The number of ketones is 1. The lowest BCUT2D eigenvalue weighted by molar-refractivity contribution is 0.101. The second-order valence-electron chi connectivity index (χ2n) is 6.48. The van der Waals surface area contributed by atoms with Crippen LogP contribution in [0, 0.1) is 0 Å². The van der Waals surface area contributed by atoms with E-state index in [0.29, 0.717) is 29.4 Å². The third-order valence-corrected chi connectivity index (χ3v) is 4.63. The minimum atomic E-state index is -0.160. The van der Waals surface area contributed by atoms with E-state index in [2.05, 4.69) is 0 Å². The van der Waals surface area contributed by atoms with Crippen LogP contribution in [0.15, 0.2) is 72.5 Å². The lowest BCUT2D eigenvalue weighted by atomic mass is 10.1. The lowest BCUT2D eigenvalue weighted by Crippen LogP contribution is -1.98. The summed E-state index contributed by atoms with van der Waals surface area (Å²) in [5.74, 6) is 2.70. The zero-order chi connectivity index (χ0) is 20.2. The number of benzene rings is 3. The molecule has 5 nitrogen and oxygen atoms in total. The number of hydrogen-bond donors (Lipinski definition) is 0. The molecule has 0 saturated carbocycles. The maximum absolute atomic E-state index is 12.7. The van der Waals surface area contributed by atoms with Gasteiger partial charge in [-0.2, -0.15) is 0 Å². The van der Waals surface area contributed by atoms with Gasteiger partial charge in [0.1, 0.15) is 29.6 Å². The molecule has 29 heavy (non-hydrogen) atoms. The molecule has 4 rings (SSSR count). The number of Topliss-reactive ketones (excluding diaryl/α,β-unsaturated/α-hetero) is 1. The van der Waals surface area contributed by atoms with Crippen molar-refractivity contribution in [2.24, 2.45) is 0 Å². The third-order valence-electron chi connectivity index (χ3n) is 4.63. The number of carbonyl (C=O) groups excluding carboxylic acids is 1. The van der Waals surface area contributed by atoms with Crippen LogP contribution in [-0.4, -0.2) is 20.0 Å². The highest BCUT2D eigenvalue weighted by Gasteiger charge is 2.28. The summed E-state index contributed by atoms with van der Waals surface area (Å²) in [6.45, 7) is 0.403. The largest absolute Gasteiger partial charge is 0.497 e. The van der Waals surface area contributed by atoms with Gasteiger partial charge >= 0.3 is 0 Å². The number of rotatable bonds is 6. The summed E-state index contributed by atoms with van der Waals surface area (Å²) < 4.78 is 22.1. The van der Waals surface area contributed by atoms with Gasteiger partial charge in [0.05, 0.1) is 19.8 Å². The van der Waals surface area contributed by atoms with Crippen LogP contribution in [0.4, 0.5) is 0 Å². The van der Waals surface area contributed by atoms with E-state index in [1.54, 1.807) is 38.5 Å². The van der Waals surface area contributed by atoms with E-state index in [1.165, 1.54) is 0 Å². The summed E-state index contributed by atoms with van der Waals surface area (Å²) in [4.78, 5) is 12.7. The predicted molar refractivity (Wildman–Crippen MR) is 110 cm³/mol. The maximum Gasteiger partial charge on any atom is 0.231 e. The second kappa shape index (κ2) is 8.10. The first-order chi connectivity index (χ1) is 14.2. The molecule has 1 heterocycles. The minimum absolute atomic E-state index is 0.160. The average molecular weight is 388 g/mol. The number of carbonyl (C=O) groups is 1. The summed E-state index contributed by atoms with van der Waals surface area (Å²) in [6.07, 6.45) is 1.69. The van der Waals surface area contributed by atoms with E-state index >= 15 is 0 Å². The average Bonchev–Trinajstić information content (AvgIpc) is 3.07. The Balaban J connectivity index is 1.50. The fraction of sp³-hybridized carbons (Fsp3) is 0.125. The molecular weight excluding hydrogens is 368 g/mol. The van der Waals surface area contributed by atoms with Crippen LogP contribution < -0.4 is 18.9 Å². The van der Waals surface area contributed by atoms with Crippen LogP contribution in [0.3, 0.4) is 0 Å². The Morgan fingerprint density at radius 2 is 1.66 bits per heavy atom. The zero-order valence-electron chi connectivity index (χ0n) is 16.2. The highest BCUT2D eigenvalue weighted by Crippen LogP contribution is 2.36. The molecule has 1 aliphatic rings. The molecule has 0 bridgehead atoms. The summed E-state index contributed by atoms with van der Waals surface area (Å²) in [5, 5.41) is 0. The van der Waals surface area contributed by atoms with Crippen LogP contribution in [0.25, 0.3) is 6.08 Å². The number of para-hydroxylation sites is 1. The second-order valence-corrected chi connectivity index (χ2v) is 6.48. The summed E-state index contributed by atoms with van der Waals surface area (Å²) in [6, 6.07) is 20.4. The topological polar surface area (TPSA) is 54.0 Å². The van der Waals surface area contributed by atoms with Crippen LogP contribution in [-0.2, 0) is 6.61 Å². The molecule has 0 atom stereocenters. The van der Waals surface area contributed by atoms with Crippen molar-refractivity contribution < 1.29 is 23.7 Å². The number of hydrogen-bond acceptors (Lipinski definition) is 5. The molecule has 0 aliphatic carbocycles. The fourth-order valence-corrected chi connectivity index (χ4v) is 3.07. The highest BCUT2D eigenvalue weighted by molar-refractivity contribution is 6.14. The van der Waals surface area contributed by atoms with Crippen molar-refractivity contribution in [1.82, 2.24) is 0 Å². The van der Waals surface area contributed by atoms with Crippen LogP contribution in [0.2, 0.25) is 0 Å². The first kappa shape index (κ1) is 18.6. The zero-order valence-corrected chi connectivity index (χ0v) is 16.2. The van der Waals surface area contributed by atoms with Gasteiger partial charge in [-0.05, 0) is 42.0 Å². The van der Waals surface area contributed by atoms with Gasteiger partial charge in [-0.25, -0.2) is 0 Å². The minimum Gasteiger partial charge on any atom is -0.497 e. The number of fused-ring (bicyclic) bond motifs is 1. The summed E-state index contributed by atoms with van der Waals surface area (Å²) in [5.41, 5.74) is 2.31. The normalized spacial score (nSPS) is 13.7. The quantitative estimate of drug-likeness (QED) is 0.562. The first-order valence-corrected chi connectivity index (χ1v) is 9.15. The third kappa shape index (κ3) is 3.94. The lowest BCUT2D eigenvalue weighted by Gasteiger charge is -2.08. The Morgan fingerprint density at radius 3 is 2.41 bits per heavy atom. The Kier molecular flexibility index (Phi) is 5.20. The molecule has 0 saturated heterocycles. The van der Waals surface area contributed by atoms with Crippen molar-refractivity contribution in [2.75, 3.05) is 14.2 Å². The van der Waals surface area contributed by atoms with Gasteiger partial charge in [-0.3, -0.25) is 4.79 Å². The molecule has 1 aliphatic heterocycles. The van der Waals surface area contributed by atoms with Crippen molar-refractivity contribution in [3.05, 3.63) is 89.2 Å². The Hall–Kier alpha value is -3.73. The van der Waals surface area contributed by atoms with Crippen molar-refractivity contribution >= 4 is 11.9 Å². The smallest absolute Gasteiger partial charge is 0.231 e. The van der Waals surface area contributed by atoms with E-state index in [9.17, 15) is 4.79 Å². The highest BCUT2D eigenvalue weighted by atomic mass is 16.5. The van der Waals surface area contributed by atoms with Gasteiger partial charge in [-0.15, -0.1) is 0 Å². The summed E-state index contributed by atoms with van der Waals surface area (Å²) >= 11 is 0. The number of methoxy groups -OCH3 is 2. The predicted octanol–water partition coefficient (Wildman–Crippen LogP) is 4.90. The molecule has 5 heteroatoms. The SMILES string of the molecule is COc1ccc(COc2ccc3c(c2)OC(=Cc2ccccc2OC)C3=O)cc1. The molecular formula is C24H20O5. The molecule has 0 spiro atoms. The molecule has 0 amide bonds. The monoisotopic (exact) mass is 388 g/mol. The van der Waals surface area contributed by atoms with Gasteiger partial charge in [-0.1, -0.05) is 30.3 Å². The summed E-state index contributed by atoms with van der Waals surface area (Å²) in [7, 11) is 3.23. The molecule has 146 valence electrons. The van der Waals surface area contributed by atoms with Gasteiger partial charge < -0.3 is 18.9 Å². The Morgan fingerprint density at radius 1 is 0.897 bits per heavy atom. The van der Waals surface area contributed by atoms with Crippen molar-refractivity contribution in [2.45, 2.75) is 6.61 Å². The van der Waals surface area contributed by atoms with Crippen LogP contribution in [0.5, 0.6) is 23.0 Å². The molecule has 3 aromatic rings. The van der Waals surface area contributed by atoms with E-state index in [-0.39, 0.29) is 11.5 Å². The van der Waals surface area contributed by atoms with Crippen molar-refractivity contribution in [3.8, 4) is 23.0 Å².